The largest absolute Gasteiger partial charge is 0.411 e. The Hall–Kier alpha value is -2.34. The monoisotopic (exact) mass is 492 g/mol. The highest BCUT2D eigenvalue weighted by Crippen LogP contribution is 2.26. The van der Waals surface area contributed by atoms with Gasteiger partial charge in [0.05, 0.1) is 10.6 Å². The molecule has 1 heterocycles. The van der Waals surface area contributed by atoms with Gasteiger partial charge in [0.2, 0.25) is 21.8 Å². The van der Waals surface area contributed by atoms with Crippen molar-refractivity contribution < 1.29 is 17.6 Å². The highest BCUT2D eigenvalue weighted by molar-refractivity contribution is 7.99. The summed E-state index contributed by atoms with van der Waals surface area (Å²) in [6.45, 7) is 4.35. The van der Waals surface area contributed by atoms with Crippen LogP contribution in [0.2, 0.25) is 0 Å². The van der Waals surface area contributed by atoms with Crippen LogP contribution in [0.1, 0.15) is 13.8 Å². The number of anilines is 1. The number of carbonyl (C=O) groups excluding carboxylic acids is 1. The molecule has 0 saturated heterocycles. The van der Waals surface area contributed by atoms with E-state index in [2.05, 4.69) is 15.5 Å². The molecule has 0 saturated carbocycles. The van der Waals surface area contributed by atoms with E-state index in [1.165, 1.54) is 10.4 Å². The van der Waals surface area contributed by atoms with Gasteiger partial charge in [-0.05, 0) is 48.7 Å². The number of benzene rings is 2. The Balaban J connectivity index is 1.65. The number of sulfonamides is 1. The molecule has 0 aliphatic heterocycles. The van der Waals surface area contributed by atoms with Gasteiger partial charge >= 0.3 is 0 Å². The topological polar surface area (TPSA) is 105 Å². The van der Waals surface area contributed by atoms with Gasteiger partial charge in [-0.1, -0.05) is 31.7 Å². The number of nitrogens with zero attached hydrogens (tertiary/aromatic N) is 3. The fourth-order valence-corrected chi connectivity index (χ4v) is 5.36. The molecular weight excluding hydrogens is 468 g/mol. The lowest BCUT2D eigenvalue weighted by molar-refractivity contribution is -0.113. The third kappa shape index (κ3) is 5.91. The lowest BCUT2D eigenvalue weighted by Crippen LogP contribution is -2.30. The summed E-state index contributed by atoms with van der Waals surface area (Å²) in [6.07, 6.45) is 1.99. The molecule has 0 spiro atoms. The van der Waals surface area contributed by atoms with Gasteiger partial charge in [-0.15, -0.1) is 22.0 Å². The summed E-state index contributed by atoms with van der Waals surface area (Å²) < 4.78 is 32.5. The minimum absolute atomic E-state index is 0.0995. The molecule has 0 bridgehead atoms. The zero-order valence-electron chi connectivity index (χ0n) is 17.9. The Kier molecular flexibility index (Phi) is 8.35. The van der Waals surface area contributed by atoms with Crippen LogP contribution in [0.15, 0.2) is 68.0 Å². The summed E-state index contributed by atoms with van der Waals surface area (Å²) >= 11 is 2.74. The number of hydrogen-bond acceptors (Lipinski definition) is 8. The van der Waals surface area contributed by atoms with E-state index in [4.69, 9.17) is 4.42 Å². The predicted molar refractivity (Wildman–Crippen MR) is 127 cm³/mol. The molecule has 0 fully saturated rings. The smallest absolute Gasteiger partial charge is 0.277 e. The molecule has 3 rings (SSSR count). The van der Waals surface area contributed by atoms with E-state index in [0.29, 0.717) is 24.3 Å². The summed E-state index contributed by atoms with van der Waals surface area (Å²) in [5, 5.41) is 11.0. The summed E-state index contributed by atoms with van der Waals surface area (Å²) in [4.78, 5) is 13.5. The Morgan fingerprint density at radius 3 is 2.47 bits per heavy atom. The van der Waals surface area contributed by atoms with E-state index in [-0.39, 0.29) is 27.7 Å². The number of thioether (sulfide) groups is 2. The van der Waals surface area contributed by atoms with Crippen LogP contribution >= 0.6 is 23.5 Å². The molecule has 8 nitrogen and oxygen atoms in total. The van der Waals surface area contributed by atoms with Crippen LogP contribution in [0.3, 0.4) is 0 Å². The molecule has 1 aromatic heterocycles. The van der Waals surface area contributed by atoms with E-state index in [1.807, 2.05) is 30.5 Å². The molecule has 0 aliphatic rings. The summed E-state index contributed by atoms with van der Waals surface area (Å²) in [5.74, 6) is 0.0959. The fraction of sp³-hybridized carbons (Fsp3) is 0.286. The van der Waals surface area contributed by atoms with Gasteiger partial charge in [0.1, 0.15) is 0 Å². The van der Waals surface area contributed by atoms with Gasteiger partial charge < -0.3 is 9.73 Å². The molecule has 0 aliphatic carbocycles. The minimum Gasteiger partial charge on any atom is -0.411 e. The van der Waals surface area contributed by atoms with E-state index in [0.717, 1.165) is 16.7 Å². The maximum atomic E-state index is 12.8. The van der Waals surface area contributed by atoms with Crippen molar-refractivity contribution in [2.45, 2.75) is 28.9 Å². The van der Waals surface area contributed by atoms with Crippen molar-refractivity contribution in [3.63, 3.8) is 0 Å². The summed E-state index contributed by atoms with van der Waals surface area (Å²) in [7, 11) is -3.60. The van der Waals surface area contributed by atoms with Gasteiger partial charge in [-0.3, -0.25) is 4.79 Å². The number of hydrogen-bond donors (Lipinski definition) is 1. The van der Waals surface area contributed by atoms with Crippen molar-refractivity contribution in [3.8, 4) is 11.5 Å². The molecular formula is C21H24N4O4S3. The molecule has 0 radical (unpaired) electrons. The molecule has 0 unspecified atom stereocenters. The third-order valence-electron chi connectivity index (χ3n) is 4.53. The molecule has 1 N–H and O–H groups in total. The second kappa shape index (κ2) is 11.0. The zero-order valence-corrected chi connectivity index (χ0v) is 20.4. The van der Waals surface area contributed by atoms with Crippen LogP contribution in [0.5, 0.6) is 0 Å². The predicted octanol–water partition coefficient (Wildman–Crippen LogP) is 4.22. The Bertz CT molecular complexity index is 1160. The first-order valence-electron chi connectivity index (χ1n) is 9.88. The van der Waals surface area contributed by atoms with Gasteiger partial charge in [0.15, 0.2) is 0 Å². The van der Waals surface area contributed by atoms with E-state index in [9.17, 15) is 13.2 Å². The molecule has 0 atom stereocenters. The average molecular weight is 493 g/mol. The lowest BCUT2D eigenvalue weighted by Gasteiger charge is -2.18. The fourth-order valence-electron chi connectivity index (χ4n) is 2.89. The average Bonchev–Trinajstić information content (AvgIpc) is 3.28. The van der Waals surface area contributed by atoms with Gasteiger partial charge in [0.25, 0.3) is 5.22 Å². The third-order valence-corrected chi connectivity index (χ3v) is 8.14. The Morgan fingerprint density at radius 1 is 1.09 bits per heavy atom. The van der Waals surface area contributed by atoms with E-state index >= 15 is 0 Å². The van der Waals surface area contributed by atoms with Gasteiger partial charge in [-0.2, -0.15) is 4.31 Å². The van der Waals surface area contributed by atoms with Crippen LogP contribution in [-0.4, -0.2) is 53.9 Å². The standard InChI is InChI=1S/C21H24N4O4S3/c1-4-25(5-2)32(27,28)18-8-6-7-15(13-18)20-23-24-21(29-20)31-14-19(26)22-16-9-11-17(30-3)12-10-16/h6-13H,4-5,14H2,1-3H3,(H,22,26). The van der Waals surface area contributed by atoms with Crippen molar-refractivity contribution in [3.05, 3.63) is 48.5 Å². The van der Waals surface area contributed by atoms with E-state index < -0.39 is 10.0 Å². The van der Waals surface area contributed by atoms with Gasteiger partial charge in [-0.25, -0.2) is 8.42 Å². The van der Waals surface area contributed by atoms with Crippen molar-refractivity contribution in [2.75, 3.05) is 30.4 Å². The molecule has 1 amide bonds. The number of rotatable bonds is 10. The zero-order chi connectivity index (χ0) is 23.1. The normalized spacial score (nSPS) is 11.6. The van der Waals surface area contributed by atoms with Gasteiger partial charge in [0, 0.05) is 29.2 Å². The first kappa shape index (κ1) is 24.3. The number of amides is 1. The van der Waals surface area contributed by atoms with Crippen LogP contribution < -0.4 is 5.32 Å². The maximum Gasteiger partial charge on any atom is 0.277 e. The Morgan fingerprint density at radius 2 is 1.81 bits per heavy atom. The Labute approximate surface area is 196 Å². The highest BCUT2D eigenvalue weighted by atomic mass is 32.2. The van der Waals surface area contributed by atoms with Crippen molar-refractivity contribution in [1.29, 1.82) is 0 Å². The molecule has 32 heavy (non-hydrogen) atoms. The van der Waals surface area contributed by atoms with Crippen molar-refractivity contribution in [1.82, 2.24) is 14.5 Å². The highest BCUT2D eigenvalue weighted by Gasteiger charge is 2.22. The van der Waals surface area contributed by atoms with Crippen molar-refractivity contribution >= 4 is 45.1 Å². The first-order valence-corrected chi connectivity index (χ1v) is 13.5. The second-order valence-electron chi connectivity index (χ2n) is 6.56. The minimum atomic E-state index is -3.60. The SMILES string of the molecule is CCN(CC)S(=O)(=O)c1cccc(-c2nnc(SCC(=O)Nc3ccc(SC)cc3)o2)c1. The number of aromatic nitrogens is 2. The second-order valence-corrected chi connectivity index (χ2v) is 10.3. The lowest BCUT2D eigenvalue weighted by atomic mass is 10.2. The quantitative estimate of drug-likeness (QED) is 0.420. The molecule has 3 aromatic rings. The molecule has 2 aromatic carbocycles. The number of nitrogens with one attached hydrogen (secondary N) is 1. The molecule has 11 heteroatoms. The van der Waals surface area contributed by atoms with Crippen LogP contribution in [0.4, 0.5) is 5.69 Å². The molecule has 170 valence electrons. The first-order chi connectivity index (χ1) is 15.4. The van der Waals surface area contributed by atoms with Crippen molar-refractivity contribution in [2.24, 2.45) is 0 Å². The summed E-state index contributed by atoms with van der Waals surface area (Å²) in [5.41, 5.74) is 1.21. The van der Waals surface area contributed by atoms with Crippen LogP contribution in [0.25, 0.3) is 11.5 Å². The number of carbonyl (C=O) groups is 1. The van der Waals surface area contributed by atoms with E-state index in [1.54, 1.807) is 43.8 Å². The van der Waals surface area contributed by atoms with Crippen LogP contribution in [0, 0.1) is 0 Å². The maximum absolute atomic E-state index is 12.8. The van der Waals surface area contributed by atoms with Crippen LogP contribution in [-0.2, 0) is 14.8 Å². The summed E-state index contributed by atoms with van der Waals surface area (Å²) in [6, 6.07) is 14.0.